The molecule has 0 unspecified atom stereocenters. The van der Waals surface area contributed by atoms with Crippen LogP contribution < -0.4 is 0 Å². The molecule has 0 saturated carbocycles. The second-order valence-electron chi connectivity index (χ2n) is 2.58. The van der Waals surface area contributed by atoms with E-state index in [4.69, 9.17) is 0 Å². The van der Waals surface area contributed by atoms with Crippen LogP contribution in [0.4, 0.5) is 0 Å². The van der Waals surface area contributed by atoms with Crippen LogP contribution in [-0.2, 0) is 0 Å². The lowest BCUT2D eigenvalue weighted by Crippen LogP contribution is -1.85. The van der Waals surface area contributed by atoms with Crippen molar-refractivity contribution in [2.75, 3.05) is 0 Å². The van der Waals surface area contributed by atoms with Crippen LogP contribution in [0.5, 0.6) is 0 Å². The number of hydrogen-bond donors (Lipinski definition) is 0. The van der Waals surface area contributed by atoms with E-state index >= 15 is 0 Å². The summed E-state index contributed by atoms with van der Waals surface area (Å²) < 4.78 is 0. The van der Waals surface area contributed by atoms with Crippen LogP contribution in [0.3, 0.4) is 0 Å². The molecule has 0 aliphatic heterocycles. The highest BCUT2D eigenvalue weighted by Gasteiger charge is 1.94. The molecule has 2 rings (SSSR count). The molecule has 0 bridgehead atoms. The van der Waals surface area contributed by atoms with Crippen molar-refractivity contribution in [3.05, 3.63) is 41.1 Å². The maximum Gasteiger partial charge on any atom is 0.159 e. The van der Waals surface area contributed by atoms with Gasteiger partial charge in [0.25, 0.3) is 0 Å². The Kier molecular flexibility index (Phi) is 2.36. The van der Waals surface area contributed by atoms with E-state index in [1.807, 2.05) is 30.3 Å². The zero-order valence-corrected chi connectivity index (χ0v) is 8.40. The minimum absolute atomic E-state index is 0.783. The minimum Gasteiger partial charge on any atom is -0.237 e. The zero-order chi connectivity index (χ0) is 9.10. The van der Waals surface area contributed by atoms with Crippen molar-refractivity contribution < 1.29 is 0 Å². The first kappa shape index (κ1) is 8.38. The van der Waals surface area contributed by atoms with Gasteiger partial charge in [-0.3, -0.25) is 0 Å². The van der Waals surface area contributed by atoms with E-state index in [9.17, 15) is 0 Å². The standard InChI is InChI=1S/C10H7BrN2/c11-6-5-9-4-3-8-2-1-7-12-10(8)13-9/h1-7H. The van der Waals surface area contributed by atoms with Crippen molar-refractivity contribution in [3.63, 3.8) is 0 Å². The Bertz CT molecular complexity index is 451. The number of nitrogens with zero attached hydrogens (tertiary/aromatic N) is 2. The van der Waals surface area contributed by atoms with Gasteiger partial charge in [0.2, 0.25) is 0 Å². The molecule has 0 atom stereocenters. The Morgan fingerprint density at radius 2 is 2.15 bits per heavy atom. The Balaban J connectivity index is 2.62. The summed E-state index contributed by atoms with van der Waals surface area (Å²) in [6.07, 6.45) is 3.63. The first-order valence-corrected chi connectivity index (χ1v) is 4.80. The van der Waals surface area contributed by atoms with Crippen LogP contribution in [-0.4, -0.2) is 9.97 Å². The molecule has 13 heavy (non-hydrogen) atoms. The van der Waals surface area contributed by atoms with Crippen molar-refractivity contribution >= 4 is 33.0 Å². The number of rotatable bonds is 1. The molecule has 0 amide bonds. The normalized spacial score (nSPS) is 11.2. The van der Waals surface area contributed by atoms with E-state index in [1.165, 1.54) is 0 Å². The number of hydrogen-bond acceptors (Lipinski definition) is 2. The Morgan fingerprint density at radius 1 is 1.23 bits per heavy atom. The maximum atomic E-state index is 4.34. The fraction of sp³-hybridized carbons (Fsp3) is 0. The van der Waals surface area contributed by atoms with Gasteiger partial charge in [-0.1, -0.05) is 15.9 Å². The van der Waals surface area contributed by atoms with Crippen LogP contribution in [0, 0.1) is 0 Å². The van der Waals surface area contributed by atoms with E-state index in [-0.39, 0.29) is 0 Å². The summed E-state index contributed by atoms with van der Waals surface area (Å²) in [4.78, 5) is 10.3. The van der Waals surface area contributed by atoms with E-state index in [1.54, 1.807) is 11.2 Å². The Hall–Kier alpha value is -1.22. The highest BCUT2D eigenvalue weighted by atomic mass is 79.9. The van der Waals surface area contributed by atoms with Gasteiger partial charge in [0.15, 0.2) is 5.65 Å². The fourth-order valence-corrected chi connectivity index (χ4v) is 1.40. The summed E-state index contributed by atoms with van der Waals surface area (Å²) in [7, 11) is 0. The summed E-state index contributed by atoms with van der Waals surface area (Å²) in [5.41, 5.74) is 1.69. The monoisotopic (exact) mass is 234 g/mol. The van der Waals surface area contributed by atoms with E-state index in [0.717, 1.165) is 16.7 Å². The van der Waals surface area contributed by atoms with E-state index in [2.05, 4.69) is 25.9 Å². The predicted molar refractivity (Wildman–Crippen MR) is 57.5 cm³/mol. The average molecular weight is 235 g/mol. The van der Waals surface area contributed by atoms with Crippen LogP contribution >= 0.6 is 15.9 Å². The van der Waals surface area contributed by atoms with Crippen LogP contribution in [0.15, 0.2) is 35.4 Å². The molecule has 0 aliphatic rings. The second kappa shape index (κ2) is 3.66. The quantitative estimate of drug-likeness (QED) is 0.759. The number of fused-ring (bicyclic) bond motifs is 1. The third-order valence-corrected chi connectivity index (χ3v) is 1.98. The molecule has 0 saturated heterocycles. The van der Waals surface area contributed by atoms with E-state index < -0.39 is 0 Å². The Morgan fingerprint density at radius 3 is 3.00 bits per heavy atom. The van der Waals surface area contributed by atoms with Crippen molar-refractivity contribution in [1.82, 2.24) is 9.97 Å². The van der Waals surface area contributed by atoms with Gasteiger partial charge in [-0.25, -0.2) is 9.97 Å². The summed E-state index contributed by atoms with van der Waals surface area (Å²) in [5, 5.41) is 1.06. The first-order chi connectivity index (χ1) is 6.40. The van der Waals surface area contributed by atoms with Crippen molar-refractivity contribution in [1.29, 1.82) is 0 Å². The van der Waals surface area contributed by atoms with Gasteiger partial charge in [-0.2, -0.15) is 0 Å². The van der Waals surface area contributed by atoms with Gasteiger partial charge in [-0.05, 0) is 35.3 Å². The van der Waals surface area contributed by atoms with Crippen LogP contribution in [0.2, 0.25) is 0 Å². The molecule has 2 aromatic rings. The number of halogens is 1. The molecule has 3 heteroatoms. The van der Waals surface area contributed by atoms with Gasteiger partial charge >= 0.3 is 0 Å². The maximum absolute atomic E-state index is 4.34. The molecule has 0 radical (unpaired) electrons. The molecule has 0 fully saturated rings. The predicted octanol–water partition coefficient (Wildman–Crippen LogP) is 3.00. The molecule has 0 aliphatic carbocycles. The highest BCUT2D eigenvalue weighted by molar-refractivity contribution is 9.11. The highest BCUT2D eigenvalue weighted by Crippen LogP contribution is 2.10. The molecule has 2 heterocycles. The lowest BCUT2D eigenvalue weighted by Gasteiger charge is -1.96. The number of pyridine rings is 2. The largest absolute Gasteiger partial charge is 0.237 e. The van der Waals surface area contributed by atoms with Gasteiger partial charge in [0, 0.05) is 11.6 Å². The third kappa shape index (κ3) is 1.75. The summed E-state index contributed by atoms with van der Waals surface area (Å²) in [6, 6.07) is 7.88. The van der Waals surface area contributed by atoms with Crippen LogP contribution in [0.1, 0.15) is 5.69 Å². The topological polar surface area (TPSA) is 25.8 Å². The third-order valence-electron chi connectivity index (χ3n) is 1.72. The fourth-order valence-electron chi connectivity index (χ4n) is 1.12. The molecule has 0 aromatic carbocycles. The Labute approximate surface area is 84.5 Å². The zero-order valence-electron chi connectivity index (χ0n) is 6.81. The summed E-state index contributed by atoms with van der Waals surface area (Å²) >= 11 is 3.21. The molecular formula is C10H7BrN2. The van der Waals surface area contributed by atoms with Crippen LogP contribution in [0.25, 0.3) is 17.1 Å². The molecule has 2 aromatic heterocycles. The summed E-state index contributed by atoms with van der Waals surface area (Å²) in [6.45, 7) is 0. The molecule has 64 valence electrons. The van der Waals surface area contributed by atoms with Crippen molar-refractivity contribution in [2.24, 2.45) is 0 Å². The summed E-state index contributed by atoms with van der Waals surface area (Å²) in [5.74, 6) is 0. The van der Waals surface area contributed by atoms with Gasteiger partial charge in [-0.15, -0.1) is 0 Å². The van der Waals surface area contributed by atoms with Crippen molar-refractivity contribution in [3.8, 4) is 0 Å². The van der Waals surface area contributed by atoms with E-state index in [0.29, 0.717) is 0 Å². The lowest BCUT2D eigenvalue weighted by atomic mass is 10.2. The lowest BCUT2D eigenvalue weighted by molar-refractivity contribution is 1.27. The average Bonchev–Trinajstić information content (AvgIpc) is 2.18. The molecule has 0 N–H and O–H groups in total. The first-order valence-electron chi connectivity index (χ1n) is 3.89. The van der Waals surface area contributed by atoms with Gasteiger partial charge in [0.05, 0.1) is 5.69 Å². The molecular weight excluding hydrogens is 228 g/mol. The molecule has 2 nitrogen and oxygen atoms in total. The number of aromatic nitrogens is 2. The van der Waals surface area contributed by atoms with Gasteiger partial charge in [0.1, 0.15) is 0 Å². The minimum atomic E-state index is 0.783. The smallest absolute Gasteiger partial charge is 0.159 e. The molecule has 0 spiro atoms. The SMILES string of the molecule is BrC=Cc1ccc2cccnc2n1. The van der Waals surface area contributed by atoms with Crippen molar-refractivity contribution in [2.45, 2.75) is 0 Å². The second-order valence-corrected chi connectivity index (χ2v) is 3.11. The van der Waals surface area contributed by atoms with Gasteiger partial charge < -0.3 is 0 Å².